The third kappa shape index (κ3) is 4.67. The highest BCUT2D eigenvalue weighted by molar-refractivity contribution is 5.89. The van der Waals surface area contributed by atoms with E-state index in [0.29, 0.717) is 29.1 Å². The Hall–Kier alpha value is -4.35. The summed E-state index contributed by atoms with van der Waals surface area (Å²) in [6.45, 7) is 5.25. The number of alkyl halides is 1. The highest BCUT2D eigenvalue weighted by Crippen LogP contribution is 2.31. The second-order valence-electron chi connectivity index (χ2n) is 8.67. The normalized spacial score (nSPS) is 15.4. The Balaban J connectivity index is 1.20. The summed E-state index contributed by atoms with van der Waals surface area (Å²) in [7, 11) is 0. The number of aryl methyl sites for hydroxylation is 2. The summed E-state index contributed by atoms with van der Waals surface area (Å²) in [4.78, 5) is 27.6. The number of pyridine rings is 1. The molecule has 1 amide bonds. The smallest absolute Gasteiger partial charge is 0.261 e. The van der Waals surface area contributed by atoms with Crippen molar-refractivity contribution >= 4 is 23.5 Å². The molecule has 3 N–H and O–H groups in total. The van der Waals surface area contributed by atoms with E-state index in [-0.39, 0.29) is 13.1 Å². The average Bonchev–Trinajstić information content (AvgIpc) is 3.48. The van der Waals surface area contributed by atoms with E-state index in [0.717, 1.165) is 11.3 Å². The Morgan fingerprint density at radius 1 is 1.20 bits per heavy atom. The lowest BCUT2D eigenvalue weighted by atomic mass is 9.95. The number of hydrogen-bond donors (Lipinski definition) is 3. The van der Waals surface area contributed by atoms with Crippen molar-refractivity contribution in [3.8, 4) is 5.82 Å². The van der Waals surface area contributed by atoms with Gasteiger partial charge < -0.3 is 15.5 Å². The lowest BCUT2D eigenvalue weighted by molar-refractivity contribution is -0.135. The quantitative estimate of drug-likeness (QED) is 0.371. The molecular formula is C23H25FN10O. The predicted molar refractivity (Wildman–Crippen MR) is 127 cm³/mol. The first kappa shape index (κ1) is 22.4. The van der Waals surface area contributed by atoms with Gasteiger partial charge in [0, 0.05) is 42.1 Å². The molecule has 35 heavy (non-hydrogen) atoms. The fourth-order valence-electron chi connectivity index (χ4n) is 3.82. The maximum atomic E-state index is 15.3. The van der Waals surface area contributed by atoms with Crippen molar-refractivity contribution < 1.29 is 9.18 Å². The predicted octanol–water partition coefficient (Wildman–Crippen LogP) is 2.55. The van der Waals surface area contributed by atoms with Crippen LogP contribution in [0.25, 0.3) is 5.82 Å². The number of aromatic nitrogens is 7. The minimum Gasteiger partial charge on any atom is -0.347 e. The van der Waals surface area contributed by atoms with Crippen LogP contribution in [0.4, 0.5) is 22.0 Å². The van der Waals surface area contributed by atoms with Crippen molar-refractivity contribution in [2.75, 3.05) is 23.3 Å². The maximum Gasteiger partial charge on any atom is 0.261 e. The molecule has 0 spiro atoms. The summed E-state index contributed by atoms with van der Waals surface area (Å²) in [5, 5.41) is 17.0. The van der Waals surface area contributed by atoms with Crippen molar-refractivity contribution in [3.05, 3.63) is 65.9 Å². The number of H-pyrrole nitrogens is 1. The zero-order chi connectivity index (χ0) is 24.6. The first-order valence-corrected chi connectivity index (χ1v) is 11.1. The van der Waals surface area contributed by atoms with E-state index in [1.54, 1.807) is 53.3 Å². The van der Waals surface area contributed by atoms with Crippen LogP contribution in [0.5, 0.6) is 0 Å². The molecule has 1 aliphatic heterocycles. The van der Waals surface area contributed by atoms with Crippen LogP contribution in [0.3, 0.4) is 0 Å². The number of rotatable bonds is 7. The molecule has 11 nitrogen and oxygen atoms in total. The summed E-state index contributed by atoms with van der Waals surface area (Å²) in [6.07, 6.45) is 5.10. The van der Waals surface area contributed by atoms with Gasteiger partial charge in [0.2, 0.25) is 11.6 Å². The molecule has 0 saturated carbocycles. The average molecular weight is 477 g/mol. The Bertz CT molecular complexity index is 1330. The third-order valence-corrected chi connectivity index (χ3v) is 5.73. The summed E-state index contributed by atoms with van der Waals surface area (Å²) in [5.74, 6) is 1.50. The van der Waals surface area contributed by atoms with Crippen LogP contribution in [0, 0.1) is 13.8 Å². The summed E-state index contributed by atoms with van der Waals surface area (Å²) >= 11 is 0. The minimum absolute atomic E-state index is 0.132. The van der Waals surface area contributed by atoms with Gasteiger partial charge in [-0.1, -0.05) is 6.07 Å². The third-order valence-electron chi connectivity index (χ3n) is 5.73. The molecule has 1 saturated heterocycles. The number of nitrogens with zero attached hydrogens (tertiary/aromatic N) is 7. The van der Waals surface area contributed by atoms with Gasteiger partial charge in [-0.25, -0.2) is 19.0 Å². The van der Waals surface area contributed by atoms with Gasteiger partial charge in [-0.15, -0.1) is 0 Å². The lowest BCUT2D eigenvalue weighted by Gasteiger charge is -2.43. The molecule has 0 aromatic carbocycles. The number of carbonyl (C=O) groups is 1. The highest BCUT2D eigenvalue weighted by atomic mass is 19.1. The van der Waals surface area contributed by atoms with Crippen LogP contribution in [-0.4, -0.2) is 59.6 Å². The first-order valence-electron chi connectivity index (χ1n) is 11.1. The SMILES string of the molecule is Cc1cc(Nc2cc(C)[nH]n2)nc(N2CC(F)(C(=O)N[C@@H](C)c3ccc(-n4cccn4)nc3)C2)n1. The zero-order valence-electron chi connectivity index (χ0n) is 19.5. The topological polar surface area (TPSA) is 130 Å². The number of nitrogens with one attached hydrogen (secondary N) is 3. The van der Waals surface area contributed by atoms with Gasteiger partial charge in [0.05, 0.1) is 19.1 Å². The number of aromatic amines is 1. The fraction of sp³-hybridized carbons (Fsp3) is 0.304. The second kappa shape index (κ2) is 8.78. The van der Waals surface area contributed by atoms with Crippen molar-refractivity contribution in [2.45, 2.75) is 32.5 Å². The molecule has 0 unspecified atom stereocenters. The molecule has 5 heterocycles. The van der Waals surface area contributed by atoms with Gasteiger partial charge in [0.15, 0.2) is 11.6 Å². The molecule has 0 aliphatic carbocycles. The van der Waals surface area contributed by atoms with E-state index in [9.17, 15) is 4.79 Å². The Morgan fingerprint density at radius 3 is 2.69 bits per heavy atom. The summed E-state index contributed by atoms with van der Waals surface area (Å²) in [6, 6.07) is 8.65. The van der Waals surface area contributed by atoms with Crippen LogP contribution in [-0.2, 0) is 4.79 Å². The van der Waals surface area contributed by atoms with E-state index in [2.05, 4.69) is 40.9 Å². The number of anilines is 3. The largest absolute Gasteiger partial charge is 0.347 e. The van der Waals surface area contributed by atoms with Gasteiger partial charge in [-0.3, -0.25) is 9.89 Å². The molecule has 12 heteroatoms. The molecular weight excluding hydrogens is 451 g/mol. The maximum absolute atomic E-state index is 15.3. The van der Waals surface area contributed by atoms with Crippen molar-refractivity contribution in [3.63, 3.8) is 0 Å². The molecule has 5 rings (SSSR count). The van der Waals surface area contributed by atoms with E-state index in [1.807, 2.05) is 26.0 Å². The molecule has 1 atom stereocenters. The highest BCUT2D eigenvalue weighted by Gasteiger charge is 2.51. The molecule has 0 bridgehead atoms. The summed E-state index contributed by atoms with van der Waals surface area (Å²) < 4.78 is 17.0. The van der Waals surface area contributed by atoms with Crippen LogP contribution < -0.4 is 15.5 Å². The van der Waals surface area contributed by atoms with Crippen molar-refractivity contribution in [2.24, 2.45) is 0 Å². The minimum atomic E-state index is -2.03. The van der Waals surface area contributed by atoms with Crippen LogP contribution in [0.15, 0.2) is 48.9 Å². The molecule has 4 aromatic heterocycles. The van der Waals surface area contributed by atoms with E-state index in [1.165, 1.54) is 0 Å². The van der Waals surface area contributed by atoms with Gasteiger partial charge in [0.25, 0.3) is 5.91 Å². The number of halogens is 1. The van der Waals surface area contributed by atoms with E-state index < -0.39 is 17.6 Å². The van der Waals surface area contributed by atoms with Crippen molar-refractivity contribution in [1.29, 1.82) is 0 Å². The van der Waals surface area contributed by atoms with Crippen molar-refractivity contribution in [1.82, 2.24) is 40.2 Å². The zero-order valence-corrected chi connectivity index (χ0v) is 19.5. The Morgan fingerprint density at radius 2 is 2.03 bits per heavy atom. The molecule has 4 aromatic rings. The first-order chi connectivity index (χ1) is 16.8. The van der Waals surface area contributed by atoms with Crippen LogP contribution >= 0.6 is 0 Å². The number of amides is 1. The van der Waals surface area contributed by atoms with Gasteiger partial charge >= 0.3 is 0 Å². The Labute approximate surface area is 200 Å². The molecule has 0 radical (unpaired) electrons. The van der Waals surface area contributed by atoms with E-state index in [4.69, 9.17) is 0 Å². The lowest BCUT2D eigenvalue weighted by Crippen LogP contribution is -2.66. The van der Waals surface area contributed by atoms with Crippen LogP contribution in [0.2, 0.25) is 0 Å². The number of hydrogen-bond acceptors (Lipinski definition) is 8. The van der Waals surface area contributed by atoms with Gasteiger partial charge in [-0.2, -0.15) is 15.2 Å². The van der Waals surface area contributed by atoms with Gasteiger partial charge in [-0.05, 0) is 38.5 Å². The van der Waals surface area contributed by atoms with Gasteiger partial charge in [0.1, 0.15) is 5.82 Å². The van der Waals surface area contributed by atoms with E-state index >= 15 is 4.39 Å². The standard InChI is InChI=1S/C23H25FN10O/c1-14-9-18(29-19-10-15(2)31-32-19)30-22(27-14)33-12-23(24,13-33)21(35)28-16(3)17-5-6-20(25-11-17)34-8-4-7-26-34/h4-11,16H,12-13H2,1-3H3,(H,28,35)(H2,27,29,30,31,32)/t16-/m0/s1. The monoisotopic (exact) mass is 476 g/mol. The number of carbonyl (C=O) groups excluding carboxylic acids is 1. The molecule has 180 valence electrons. The second-order valence-corrected chi connectivity index (χ2v) is 8.67. The molecule has 1 aliphatic rings. The summed E-state index contributed by atoms with van der Waals surface area (Å²) in [5.41, 5.74) is 0.357. The Kier molecular flexibility index (Phi) is 5.63. The molecule has 1 fully saturated rings. The van der Waals surface area contributed by atoms with Crippen LogP contribution in [0.1, 0.15) is 29.9 Å². The fourth-order valence-corrected chi connectivity index (χ4v) is 3.82.